The number of nitrogens with one attached hydrogen (secondary N) is 1. The van der Waals surface area contributed by atoms with Crippen LogP contribution in [0.25, 0.3) is 16.9 Å². The second-order valence-electron chi connectivity index (χ2n) is 7.82. The van der Waals surface area contributed by atoms with E-state index < -0.39 is 0 Å². The van der Waals surface area contributed by atoms with E-state index >= 15 is 0 Å². The molecule has 1 saturated carbocycles. The van der Waals surface area contributed by atoms with Gasteiger partial charge in [-0.1, -0.05) is 35.9 Å². The fourth-order valence-corrected chi connectivity index (χ4v) is 4.03. The second kappa shape index (κ2) is 8.21. The standard InChI is InChI=1S/C24H29N3O/c1-17-4-6-18(7-5-17)24-3-2-14-27(24)21-11-8-19(16-25)23(15-21)26-20-9-12-22(28)13-10-20/h2-8,11,14-15,20,22,26,28H,9-10,12-13,16,25H2,1H3/t20-,22-. The molecule has 0 amide bonds. The third kappa shape index (κ3) is 3.98. The molecule has 0 bridgehead atoms. The maximum Gasteiger partial charge on any atom is 0.0541 e. The van der Waals surface area contributed by atoms with Crippen LogP contribution < -0.4 is 11.1 Å². The Balaban J connectivity index is 1.64. The van der Waals surface area contributed by atoms with Gasteiger partial charge in [-0.2, -0.15) is 0 Å². The summed E-state index contributed by atoms with van der Waals surface area (Å²) in [6.07, 6.45) is 5.68. The molecule has 0 radical (unpaired) electrons. The van der Waals surface area contributed by atoms with E-state index in [4.69, 9.17) is 5.73 Å². The number of hydrogen-bond donors (Lipinski definition) is 3. The van der Waals surface area contributed by atoms with Crippen LogP contribution in [0.15, 0.2) is 60.8 Å². The zero-order chi connectivity index (χ0) is 19.5. The summed E-state index contributed by atoms with van der Waals surface area (Å²) in [5, 5.41) is 13.5. The fourth-order valence-electron chi connectivity index (χ4n) is 4.03. The largest absolute Gasteiger partial charge is 0.393 e. The van der Waals surface area contributed by atoms with Gasteiger partial charge in [0.05, 0.1) is 11.8 Å². The summed E-state index contributed by atoms with van der Waals surface area (Å²) in [6.45, 7) is 2.62. The van der Waals surface area contributed by atoms with Crippen molar-refractivity contribution < 1.29 is 5.11 Å². The van der Waals surface area contributed by atoms with Gasteiger partial charge >= 0.3 is 0 Å². The van der Waals surface area contributed by atoms with Crippen LogP contribution in [0.3, 0.4) is 0 Å². The van der Waals surface area contributed by atoms with Crippen LogP contribution in [0.2, 0.25) is 0 Å². The van der Waals surface area contributed by atoms with Gasteiger partial charge in [-0.25, -0.2) is 0 Å². The first kappa shape index (κ1) is 18.8. The zero-order valence-corrected chi connectivity index (χ0v) is 16.4. The molecule has 1 aromatic heterocycles. The molecule has 1 aliphatic rings. The lowest BCUT2D eigenvalue weighted by Gasteiger charge is -2.28. The summed E-state index contributed by atoms with van der Waals surface area (Å²) in [7, 11) is 0. The monoisotopic (exact) mass is 375 g/mol. The average Bonchev–Trinajstić information content (AvgIpc) is 3.20. The molecular formula is C24H29N3O. The van der Waals surface area contributed by atoms with Crippen molar-refractivity contribution in [3.63, 3.8) is 0 Å². The minimum atomic E-state index is -0.143. The number of aliphatic hydroxyl groups excluding tert-OH is 1. The highest BCUT2D eigenvalue weighted by Gasteiger charge is 2.20. The Morgan fingerprint density at radius 3 is 2.50 bits per heavy atom. The lowest BCUT2D eigenvalue weighted by molar-refractivity contribution is 0.126. The van der Waals surface area contributed by atoms with Crippen LogP contribution in [0, 0.1) is 6.92 Å². The number of benzene rings is 2. The number of hydrogen-bond acceptors (Lipinski definition) is 3. The number of aliphatic hydroxyl groups is 1. The molecule has 146 valence electrons. The predicted octanol–water partition coefficient (Wildman–Crippen LogP) is 4.63. The molecule has 1 fully saturated rings. The van der Waals surface area contributed by atoms with Crippen LogP contribution in [0.5, 0.6) is 0 Å². The highest BCUT2D eigenvalue weighted by Crippen LogP contribution is 2.29. The highest BCUT2D eigenvalue weighted by molar-refractivity contribution is 5.66. The molecule has 0 spiro atoms. The Bertz CT molecular complexity index is 921. The van der Waals surface area contributed by atoms with Gasteiger partial charge in [-0.15, -0.1) is 0 Å². The maximum atomic E-state index is 9.77. The van der Waals surface area contributed by atoms with E-state index in [0.29, 0.717) is 12.6 Å². The molecule has 4 nitrogen and oxygen atoms in total. The van der Waals surface area contributed by atoms with Gasteiger partial charge in [0, 0.05) is 30.2 Å². The topological polar surface area (TPSA) is 63.2 Å². The lowest BCUT2D eigenvalue weighted by atomic mass is 9.92. The minimum Gasteiger partial charge on any atom is -0.393 e. The first-order chi connectivity index (χ1) is 13.6. The summed E-state index contributed by atoms with van der Waals surface area (Å²) in [5.74, 6) is 0. The number of nitrogens with two attached hydrogens (primary N) is 1. The number of aromatic nitrogens is 1. The van der Waals surface area contributed by atoms with Crippen LogP contribution in [-0.4, -0.2) is 21.8 Å². The number of anilines is 1. The molecule has 0 atom stereocenters. The summed E-state index contributed by atoms with van der Waals surface area (Å²) in [5.41, 5.74) is 13.0. The fraction of sp³-hybridized carbons (Fsp3) is 0.333. The van der Waals surface area contributed by atoms with E-state index in [1.165, 1.54) is 16.8 Å². The lowest BCUT2D eigenvalue weighted by Crippen LogP contribution is -2.28. The van der Waals surface area contributed by atoms with Gasteiger partial charge in [0.15, 0.2) is 0 Å². The Morgan fingerprint density at radius 2 is 1.79 bits per heavy atom. The average molecular weight is 376 g/mol. The molecule has 4 heteroatoms. The SMILES string of the molecule is Cc1ccc(-c2cccn2-c2ccc(CN)c(N[C@H]3CC[C@H](O)CC3)c2)cc1. The molecule has 4 N–H and O–H groups in total. The molecule has 0 aliphatic heterocycles. The van der Waals surface area contributed by atoms with E-state index in [1.807, 2.05) is 0 Å². The first-order valence-electron chi connectivity index (χ1n) is 10.2. The van der Waals surface area contributed by atoms with Crippen molar-refractivity contribution in [2.45, 2.75) is 51.3 Å². The van der Waals surface area contributed by atoms with E-state index in [1.54, 1.807) is 0 Å². The Morgan fingerprint density at radius 1 is 1.04 bits per heavy atom. The van der Waals surface area contributed by atoms with Gasteiger partial charge in [-0.3, -0.25) is 0 Å². The Labute approximate surface area is 167 Å². The number of aryl methyl sites for hydroxylation is 1. The van der Waals surface area contributed by atoms with Gasteiger partial charge in [-0.05, 0) is 68.0 Å². The Hall–Kier alpha value is -2.56. The molecule has 3 aromatic rings. The molecule has 0 unspecified atom stereocenters. The second-order valence-corrected chi connectivity index (χ2v) is 7.82. The van der Waals surface area contributed by atoms with Crippen molar-refractivity contribution in [1.29, 1.82) is 0 Å². The molecule has 0 saturated heterocycles. The third-order valence-electron chi connectivity index (χ3n) is 5.74. The van der Waals surface area contributed by atoms with Crippen molar-refractivity contribution in [3.05, 3.63) is 71.9 Å². The first-order valence-corrected chi connectivity index (χ1v) is 10.2. The van der Waals surface area contributed by atoms with Crippen molar-refractivity contribution in [3.8, 4) is 16.9 Å². The maximum absolute atomic E-state index is 9.77. The molecule has 1 heterocycles. The van der Waals surface area contributed by atoms with Crippen LogP contribution >= 0.6 is 0 Å². The molecule has 4 rings (SSSR count). The van der Waals surface area contributed by atoms with Crippen molar-refractivity contribution in [1.82, 2.24) is 4.57 Å². The minimum absolute atomic E-state index is 0.143. The van der Waals surface area contributed by atoms with E-state index in [9.17, 15) is 5.11 Å². The quantitative estimate of drug-likeness (QED) is 0.609. The van der Waals surface area contributed by atoms with Crippen molar-refractivity contribution >= 4 is 5.69 Å². The van der Waals surface area contributed by atoms with Crippen LogP contribution in [-0.2, 0) is 6.54 Å². The summed E-state index contributed by atoms with van der Waals surface area (Å²) in [4.78, 5) is 0. The molecule has 2 aromatic carbocycles. The number of rotatable bonds is 5. The van der Waals surface area contributed by atoms with Gasteiger partial charge in [0.2, 0.25) is 0 Å². The highest BCUT2D eigenvalue weighted by atomic mass is 16.3. The molecular weight excluding hydrogens is 346 g/mol. The smallest absolute Gasteiger partial charge is 0.0541 e. The normalized spacial score (nSPS) is 19.5. The van der Waals surface area contributed by atoms with E-state index in [2.05, 4.69) is 77.6 Å². The van der Waals surface area contributed by atoms with Crippen molar-refractivity contribution in [2.75, 3.05) is 5.32 Å². The molecule has 28 heavy (non-hydrogen) atoms. The van der Waals surface area contributed by atoms with Gasteiger partial charge in [0.1, 0.15) is 0 Å². The zero-order valence-electron chi connectivity index (χ0n) is 16.4. The predicted molar refractivity (Wildman–Crippen MR) is 116 cm³/mol. The van der Waals surface area contributed by atoms with E-state index in [0.717, 1.165) is 42.6 Å². The van der Waals surface area contributed by atoms with Crippen molar-refractivity contribution in [2.24, 2.45) is 5.73 Å². The number of nitrogens with zero attached hydrogens (tertiary/aromatic N) is 1. The summed E-state index contributed by atoms with van der Waals surface area (Å²) in [6, 6.07) is 19.7. The van der Waals surface area contributed by atoms with Crippen LogP contribution in [0.1, 0.15) is 36.8 Å². The Kier molecular flexibility index (Phi) is 5.51. The summed E-state index contributed by atoms with van der Waals surface area (Å²) >= 11 is 0. The third-order valence-corrected chi connectivity index (χ3v) is 5.74. The van der Waals surface area contributed by atoms with Gasteiger partial charge in [0.25, 0.3) is 0 Å². The van der Waals surface area contributed by atoms with Crippen LogP contribution in [0.4, 0.5) is 5.69 Å². The van der Waals surface area contributed by atoms with Gasteiger partial charge < -0.3 is 20.7 Å². The molecule has 1 aliphatic carbocycles. The summed E-state index contributed by atoms with van der Waals surface area (Å²) < 4.78 is 2.22. The van der Waals surface area contributed by atoms with E-state index in [-0.39, 0.29) is 6.10 Å².